The van der Waals surface area contributed by atoms with E-state index in [9.17, 15) is 9.59 Å². The van der Waals surface area contributed by atoms with Gasteiger partial charge in [0.1, 0.15) is 12.4 Å². The molecule has 8 heteroatoms. The van der Waals surface area contributed by atoms with Crippen LogP contribution in [0.25, 0.3) is 6.08 Å². The Morgan fingerprint density at radius 3 is 2.35 bits per heavy atom. The number of rotatable bonds is 7. The zero-order valence-electron chi connectivity index (χ0n) is 18.3. The fraction of sp³-hybridized carbons (Fsp3) is 0.115. The van der Waals surface area contributed by atoms with Crippen LogP contribution in [0.3, 0.4) is 0 Å². The van der Waals surface area contributed by atoms with Crippen LogP contribution in [0.15, 0.2) is 87.2 Å². The molecule has 1 saturated heterocycles. The summed E-state index contributed by atoms with van der Waals surface area (Å²) in [6.45, 7) is 2.85. The first kappa shape index (κ1) is 23.8. The number of aromatic carboxylic acids is 1. The van der Waals surface area contributed by atoms with Crippen molar-refractivity contribution in [3.8, 4) is 5.75 Å². The summed E-state index contributed by atoms with van der Waals surface area (Å²) in [5.74, 6) is -0.351. The van der Waals surface area contributed by atoms with Crippen molar-refractivity contribution < 1.29 is 19.4 Å². The fourth-order valence-corrected chi connectivity index (χ4v) is 4.54. The maximum Gasteiger partial charge on any atom is 0.335 e. The van der Waals surface area contributed by atoms with E-state index in [1.807, 2.05) is 61.5 Å². The Balaban J connectivity index is 1.46. The van der Waals surface area contributed by atoms with E-state index in [-0.39, 0.29) is 11.5 Å². The maximum absolute atomic E-state index is 12.9. The van der Waals surface area contributed by atoms with Crippen molar-refractivity contribution >= 4 is 56.5 Å². The van der Waals surface area contributed by atoms with Crippen molar-refractivity contribution in [1.29, 1.82) is 0 Å². The molecule has 0 spiro atoms. The minimum atomic E-state index is -0.991. The number of amides is 1. The van der Waals surface area contributed by atoms with Gasteiger partial charge in [0.05, 0.1) is 16.2 Å². The fourth-order valence-electron chi connectivity index (χ4n) is 3.22. The van der Waals surface area contributed by atoms with Gasteiger partial charge in [-0.2, -0.15) is 0 Å². The monoisotopic (exact) mass is 536 g/mol. The number of thioether (sulfide) groups is 1. The number of halogens is 1. The topological polar surface area (TPSA) is 79.2 Å². The maximum atomic E-state index is 12.9. The number of carbonyl (C=O) groups is 2. The summed E-state index contributed by atoms with van der Waals surface area (Å²) in [4.78, 5) is 30.7. The summed E-state index contributed by atoms with van der Waals surface area (Å²) >= 11 is 4.72. The third kappa shape index (κ3) is 5.76. The zero-order valence-corrected chi connectivity index (χ0v) is 20.7. The lowest BCUT2D eigenvalue weighted by Crippen LogP contribution is -2.28. The molecule has 172 valence electrons. The molecular formula is C26H21BrN2O4S. The number of carbonyl (C=O) groups excluding carboxylic acids is 1. The van der Waals surface area contributed by atoms with Crippen molar-refractivity contribution in [2.24, 2.45) is 4.99 Å². The van der Waals surface area contributed by atoms with Crippen LogP contribution in [0, 0.1) is 0 Å². The highest BCUT2D eigenvalue weighted by Crippen LogP contribution is 2.34. The van der Waals surface area contributed by atoms with Gasteiger partial charge in [-0.25, -0.2) is 9.79 Å². The van der Waals surface area contributed by atoms with E-state index in [2.05, 4.69) is 20.9 Å². The first-order chi connectivity index (χ1) is 16.4. The number of carboxylic acid groups (broad SMARTS) is 1. The molecule has 0 aliphatic carbocycles. The smallest absolute Gasteiger partial charge is 0.335 e. The number of carboxylic acids is 1. The Morgan fingerprint density at radius 1 is 1.06 bits per heavy atom. The highest BCUT2D eigenvalue weighted by molar-refractivity contribution is 9.10. The SMILES string of the molecule is CCN1C(=O)/C(=C\c2ccc(OCc3ccc(Br)cc3)cc2)SC1=Nc1ccc(C(=O)O)cc1. The summed E-state index contributed by atoms with van der Waals surface area (Å²) in [7, 11) is 0. The Kier molecular flexibility index (Phi) is 7.49. The molecule has 1 aliphatic heterocycles. The summed E-state index contributed by atoms with van der Waals surface area (Å²) < 4.78 is 6.87. The molecule has 1 fully saturated rings. The molecule has 1 amide bonds. The zero-order chi connectivity index (χ0) is 24.1. The standard InChI is InChI=1S/C26H21BrN2O4S/c1-2-29-24(30)23(34-26(29)28-21-11-7-19(8-12-21)25(31)32)15-17-5-13-22(14-6-17)33-16-18-3-9-20(27)10-4-18/h3-15H,2,16H2,1H3,(H,31,32)/b23-15+,28-26?. The third-order valence-corrected chi connectivity index (χ3v) is 6.58. The van der Waals surface area contributed by atoms with Crippen LogP contribution in [0.1, 0.15) is 28.4 Å². The molecular weight excluding hydrogens is 516 g/mol. The van der Waals surface area contributed by atoms with E-state index >= 15 is 0 Å². The number of nitrogens with zero attached hydrogens (tertiary/aromatic N) is 2. The lowest BCUT2D eigenvalue weighted by molar-refractivity contribution is -0.122. The third-order valence-electron chi connectivity index (χ3n) is 5.04. The van der Waals surface area contributed by atoms with Crippen molar-refractivity contribution in [3.63, 3.8) is 0 Å². The van der Waals surface area contributed by atoms with Gasteiger partial charge in [-0.05, 0) is 84.4 Å². The van der Waals surface area contributed by atoms with Crippen molar-refractivity contribution in [1.82, 2.24) is 4.90 Å². The molecule has 0 radical (unpaired) electrons. The van der Waals surface area contributed by atoms with E-state index in [1.165, 1.54) is 23.9 Å². The lowest BCUT2D eigenvalue weighted by Gasteiger charge is -2.12. The number of ether oxygens (including phenoxy) is 1. The first-order valence-corrected chi connectivity index (χ1v) is 12.1. The quantitative estimate of drug-likeness (QED) is 0.356. The van der Waals surface area contributed by atoms with Crippen LogP contribution in [0.4, 0.5) is 5.69 Å². The predicted octanol–water partition coefficient (Wildman–Crippen LogP) is 6.35. The Bertz CT molecular complexity index is 1250. The molecule has 1 aliphatic rings. The highest BCUT2D eigenvalue weighted by Gasteiger charge is 2.32. The summed E-state index contributed by atoms with van der Waals surface area (Å²) in [5.41, 5.74) is 2.74. The number of likely N-dealkylation sites (N-methyl/N-ethyl adjacent to an activating group) is 1. The molecule has 0 unspecified atom stereocenters. The lowest BCUT2D eigenvalue weighted by atomic mass is 10.2. The molecule has 1 N–H and O–H groups in total. The van der Waals surface area contributed by atoms with E-state index in [0.717, 1.165) is 21.3 Å². The average molecular weight is 537 g/mol. The summed E-state index contributed by atoms with van der Waals surface area (Å²) in [6, 6.07) is 21.8. The van der Waals surface area contributed by atoms with E-state index in [4.69, 9.17) is 9.84 Å². The second-order valence-corrected chi connectivity index (χ2v) is 9.32. The first-order valence-electron chi connectivity index (χ1n) is 10.5. The Labute approximate surface area is 210 Å². The van der Waals surface area contributed by atoms with Crippen LogP contribution >= 0.6 is 27.7 Å². The van der Waals surface area contributed by atoms with Gasteiger partial charge >= 0.3 is 5.97 Å². The molecule has 3 aromatic rings. The average Bonchev–Trinajstić information content (AvgIpc) is 3.13. The largest absolute Gasteiger partial charge is 0.489 e. The number of hydrogen-bond acceptors (Lipinski definition) is 5. The van der Waals surface area contributed by atoms with Gasteiger partial charge < -0.3 is 9.84 Å². The Morgan fingerprint density at radius 2 is 1.74 bits per heavy atom. The minimum absolute atomic E-state index is 0.107. The van der Waals surface area contributed by atoms with E-state index in [1.54, 1.807) is 17.0 Å². The van der Waals surface area contributed by atoms with Crippen LogP contribution in [0.2, 0.25) is 0 Å². The molecule has 0 saturated carbocycles. The van der Waals surface area contributed by atoms with Gasteiger partial charge in [-0.15, -0.1) is 0 Å². The summed E-state index contributed by atoms with van der Waals surface area (Å²) in [6.07, 6.45) is 1.84. The molecule has 4 rings (SSSR count). The second-order valence-electron chi connectivity index (χ2n) is 7.39. The second kappa shape index (κ2) is 10.7. The van der Waals surface area contributed by atoms with Gasteiger partial charge in [0.25, 0.3) is 5.91 Å². The van der Waals surface area contributed by atoms with E-state index < -0.39 is 5.97 Å². The van der Waals surface area contributed by atoms with Crippen molar-refractivity contribution in [2.75, 3.05) is 6.54 Å². The minimum Gasteiger partial charge on any atom is -0.489 e. The summed E-state index contributed by atoms with van der Waals surface area (Å²) in [5, 5.41) is 9.61. The van der Waals surface area contributed by atoms with Crippen molar-refractivity contribution in [3.05, 3.63) is 98.9 Å². The number of benzene rings is 3. The molecule has 3 aromatic carbocycles. The molecule has 1 heterocycles. The highest BCUT2D eigenvalue weighted by atomic mass is 79.9. The number of aliphatic imine (C=N–C) groups is 1. The van der Waals surface area contributed by atoms with Gasteiger partial charge in [-0.3, -0.25) is 9.69 Å². The van der Waals surface area contributed by atoms with Crippen LogP contribution < -0.4 is 4.74 Å². The van der Waals surface area contributed by atoms with Crippen LogP contribution in [-0.2, 0) is 11.4 Å². The molecule has 34 heavy (non-hydrogen) atoms. The van der Waals surface area contributed by atoms with Gasteiger partial charge in [0.15, 0.2) is 5.17 Å². The molecule has 0 atom stereocenters. The Hall–Kier alpha value is -3.36. The molecule has 6 nitrogen and oxygen atoms in total. The number of hydrogen-bond donors (Lipinski definition) is 1. The predicted molar refractivity (Wildman–Crippen MR) is 138 cm³/mol. The molecule has 0 bridgehead atoms. The van der Waals surface area contributed by atoms with Gasteiger partial charge in [0.2, 0.25) is 0 Å². The van der Waals surface area contributed by atoms with Crippen molar-refractivity contribution in [2.45, 2.75) is 13.5 Å². The number of amidine groups is 1. The van der Waals surface area contributed by atoms with E-state index in [0.29, 0.717) is 28.9 Å². The van der Waals surface area contributed by atoms with Crippen LogP contribution in [0.5, 0.6) is 5.75 Å². The van der Waals surface area contributed by atoms with Gasteiger partial charge in [0, 0.05) is 11.0 Å². The normalized spacial score (nSPS) is 15.8. The van der Waals surface area contributed by atoms with Crippen LogP contribution in [-0.4, -0.2) is 33.6 Å². The van der Waals surface area contributed by atoms with Gasteiger partial charge in [-0.1, -0.05) is 40.2 Å². The molecule has 0 aromatic heterocycles.